The number of aliphatic carboxylic acids is 2. The summed E-state index contributed by atoms with van der Waals surface area (Å²) in [4.78, 5) is 23.5. The molecule has 1 aliphatic carbocycles. The number of halogens is 3. The van der Waals surface area contributed by atoms with Crippen molar-refractivity contribution in [2.45, 2.75) is 30.5 Å². The minimum Gasteiger partial charge on any atom is -0.481 e. The van der Waals surface area contributed by atoms with Crippen LogP contribution >= 0.6 is 11.3 Å². The van der Waals surface area contributed by atoms with Crippen molar-refractivity contribution >= 4 is 39.5 Å². The number of carboxylic acid groups (broad SMARTS) is 2. The topological polar surface area (TPSA) is 141 Å². The van der Waals surface area contributed by atoms with Gasteiger partial charge in [-0.1, -0.05) is 29.4 Å². The summed E-state index contributed by atoms with van der Waals surface area (Å²) in [7, 11) is 0. The van der Waals surface area contributed by atoms with Crippen molar-refractivity contribution in [1.29, 1.82) is 0 Å². The maximum Gasteiger partial charge on any atom is 0.452 e. The highest BCUT2D eigenvalue weighted by Crippen LogP contribution is 2.58. The highest BCUT2D eigenvalue weighted by atomic mass is 32.2. The molecule has 0 aliphatic heterocycles. The van der Waals surface area contributed by atoms with E-state index in [9.17, 15) is 36.6 Å². The lowest BCUT2D eigenvalue weighted by atomic mass is 10.0. The van der Waals surface area contributed by atoms with Crippen molar-refractivity contribution in [1.82, 2.24) is 5.16 Å². The summed E-state index contributed by atoms with van der Waals surface area (Å²) >= 11 is -2.02. The van der Waals surface area contributed by atoms with Crippen LogP contribution in [-0.4, -0.2) is 41.6 Å². The quantitative estimate of drug-likeness (QED) is 0.382. The van der Waals surface area contributed by atoms with E-state index in [2.05, 4.69) is 9.68 Å². The van der Waals surface area contributed by atoms with Crippen LogP contribution in [0.2, 0.25) is 0 Å². The first-order valence-corrected chi connectivity index (χ1v) is 11.4. The van der Waals surface area contributed by atoms with Crippen molar-refractivity contribution in [3.8, 4) is 10.6 Å². The summed E-state index contributed by atoms with van der Waals surface area (Å²) in [5, 5.41) is 22.4. The normalized spacial score (nSPS) is 20.6. The van der Waals surface area contributed by atoms with E-state index < -0.39 is 46.6 Å². The molecule has 9 nitrogen and oxygen atoms in total. The lowest BCUT2D eigenvalue weighted by Gasteiger charge is -2.26. The SMILES string of the molecule is O=C(O)Cc1cccc(C2CC2(C(=O)O)N(c2ccc(-c3cc(C(F)(F)F)on3)s2)S(=O)O)c1. The van der Waals surface area contributed by atoms with Gasteiger partial charge in [-0.15, -0.1) is 11.3 Å². The third-order valence-corrected chi connectivity index (χ3v) is 7.41. The Labute approximate surface area is 195 Å². The highest BCUT2D eigenvalue weighted by Gasteiger charge is 2.67. The van der Waals surface area contributed by atoms with Gasteiger partial charge in [-0.25, -0.2) is 13.3 Å². The van der Waals surface area contributed by atoms with Gasteiger partial charge in [0.25, 0.3) is 11.3 Å². The molecule has 2 heterocycles. The third kappa shape index (κ3) is 4.31. The Balaban J connectivity index is 1.68. The number of thiophene rings is 1. The first kappa shape index (κ1) is 23.9. The summed E-state index contributed by atoms with van der Waals surface area (Å²) in [6.07, 6.45) is -5.06. The number of hydrogen-bond acceptors (Lipinski definition) is 6. The van der Waals surface area contributed by atoms with Crippen LogP contribution in [0, 0.1) is 0 Å². The Kier molecular flexibility index (Phi) is 5.99. The molecular weight excluding hydrogens is 501 g/mol. The van der Waals surface area contributed by atoms with Gasteiger partial charge in [-0.2, -0.15) is 13.2 Å². The highest BCUT2D eigenvalue weighted by molar-refractivity contribution is 7.81. The number of carbonyl (C=O) groups is 2. The lowest BCUT2D eigenvalue weighted by Crippen LogP contribution is -2.45. The van der Waals surface area contributed by atoms with E-state index in [0.717, 1.165) is 15.6 Å². The van der Waals surface area contributed by atoms with Crippen LogP contribution in [0.25, 0.3) is 10.6 Å². The molecule has 0 amide bonds. The van der Waals surface area contributed by atoms with Gasteiger partial charge in [-0.05, 0) is 29.7 Å². The molecule has 34 heavy (non-hydrogen) atoms. The number of benzene rings is 1. The third-order valence-electron chi connectivity index (χ3n) is 5.36. The van der Waals surface area contributed by atoms with E-state index in [1.54, 1.807) is 18.2 Å². The minimum absolute atomic E-state index is 0.0268. The molecule has 3 atom stereocenters. The van der Waals surface area contributed by atoms with Crippen molar-refractivity contribution in [2.75, 3.05) is 4.31 Å². The van der Waals surface area contributed by atoms with Crippen LogP contribution in [0.3, 0.4) is 0 Å². The number of aromatic nitrogens is 1. The Morgan fingerprint density at radius 3 is 2.56 bits per heavy atom. The van der Waals surface area contributed by atoms with Crippen LogP contribution in [0.15, 0.2) is 47.0 Å². The van der Waals surface area contributed by atoms with Gasteiger partial charge in [0.2, 0.25) is 5.76 Å². The summed E-state index contributed by atoms with van der Waals surface area (Å²) in [5.41, 5.74) is -1.05. The molecule has 1 aliphatic rings. The van der Waals surface area contributed by atoms with Crippen LogP contribution in [0.4, 0.5) is 18.2 Å². The zero-order valence-electron chi connectivity index (χ0n) is 16.9. The van der Waals surface area contributed by atoms with Gasteiger partial charge in [0.1, 0.15) is 10.7 Å². The Morgan fingerprint density at radius 1 is 1.24 bits per heavy atom. The van der Waals surface area contributed by atoms with Crippen molar-refractivity contribution in [3.63, 3.8) is 0 Å². The molecule has 4 rings (SSSR count). The molecule has 0 radical (unpaired) electrons. The Hall–Kier alpha value is -3.23. The fraction of sp³-hybridized carbons (Fsp3) is 0.250. The second-order valence-electron chi connectivity index (χ2n) is 7.54. The van der Waals surface area contributed by atoms with Crippen molar-refractivity contribution in [3.05, 3.63) is 59.4 Å². The fourth-order valence-corrected chi connectivity index (χ4v) is 5.82. The molecule has 0 saturated heterocycles. The lowest BCUT2D eigenvalue weighted by molar-refractivity contribution is -0.155. The maximum atomic E-state index is 12.8. The van der Waals surface area contributed by atoms with E-state index in [0.29, 0.717) is 17.2 Å². The van der Waals surface area contributed by atoms with Gasteiger partial charge < -0.3 is 14.7 Å². The summed E-state index contributed by atoms with van der Waals surface area (Å²) in [6.45, 7) is 0. The van der Waals surface area contributed by atoms with E-state index in [1.165, 1.54) is 18.2 Å². The molecule has 0 spiro atoms. The van der Waals surface area contributed by atoms with Gasteiger partial charge in [0, 0.05) is 12.0 Å². The smallest absolute Gasteiger partial charge is 0.452 e. The van der Waals surface area contributed by atoms with Crippen LogP contribution in [0.1, 0.15) is 29.2 Å². The molecule has 2 aromatic heterocycles. The molecule has 0 bridgehead atoms. The molecule has 3 unspecified atom stereocenters. The standard InChI is InChI=1S/C20H15F3N2O7S2/c21-20(22,23)15-8-13(24-32-15)14-4-5-16(33-14)25(34(30)31)19(18(28)29)9-12(19)11-3-1-2-10(6-11)7-17(26)27/h1-6,8,12H,7,9H2,(H,26,27)(H,28,29)(H,30,31). The predicted molar refractivity (Wildman–Crippen MR) is 114 cm³/mol. The zero-order chi connectivity index (χ0) is 24.8. The van der Waals surface area contributed by atoms with Gasteiger partial charge >= 0.3 is 18.1 Å². The average molecular weight is 516 g/mol. The molecule has 3 aromatic rings. The summed E-state index contributed by atoms with van der Waals surface area (Å²) < 4.78 is 65.8. The molecule has 14 heteroatoms. The van der Waals surface area contributed by atoms with Gasteiger partial charge in [-0.3, -0.25) is 9.35 Å². The Bertz CT molecular complexity index is 1290. The first-order chi connectivity index (χ1) is 15.9. The fourth-order valence-electron chi connectivity index (χ4n) is 3.80. The zero-order valence-corrected chi connectivity index (χ0v) is 18.5. The molecular formula is C20H15F3N2O7S2. The minimum atomic E-state index is -4.74. The number of anilines is 1. The van der Waals surface area contributed by atoms with Crippen molar-refractivity contribution in [2.24, 2.45) is 0 Å². The van der Waals surface area contributed by atoms with Crippen molar-refractivity contribution < 1.29 is 46.3 Å². The molecule has 1 fully saturated rings. The number of rotatable bonds is 8. The second-order valence-corrected chi connectivity index (χ2v) is 9.43. The molecule has 1 saturated carbocycles. The Morgan fingerprint density at radius 2 is 1.97 bits per heavy atom. The number of alkyl halides is 3. The molecule has 180 valence electrons. The summed E-state index contributed by atoms with van der Waals surface area (Å²) in [5.74, 6) is -4.49. The first-order valence-electron chi connectivity index (χ1n) is 9.53. The predicted octanol–water partition coefficient (Wildman–Crippen LogP) is 4.00. The number of nitrogens with zero attached hydrogens (tertiary/aromatic N) is 2. The van der Waals surface area contributed by atoms with Gasteiger partial charge in [0.05, 0.1) is 11.3 Å². The summed E-state index contributed by atoms with van der Waals surface area (Å²) in [6, 6.07) is 9.63. The number of carboxylic acids is 2. The maximum absolute atomic E-state index is 12.8. The van der Waals surface area contributed by atoms with E-state index in [-0.39, 0.29) is 28.4 Å². The second kappa shape index (κ2) is 8.52. The average Bonchev–Trinajstić information content (AvgIpc) is 3.07. The largest absolute Gasteiger partial charge is 0.481 e. The van der Waals surface area contributed by atoms with Gasteiger partial charge in [0.15, 0.2) is 5.54 Å². The van der Waals surface area contributed by atoms with Crippen LogP contribution < -0.4 is 4.31 Å². The van der Waals surface area contributed by atoms with E-state index in [1.807, 2.05) is 0 Å². The van der Waals surface area contributed by atoms with Crippen LogP contribution in [-0.2, 0) is 33.5 Å². The van der Waals surface area contributed by atoms with E-state index >= 15 is 0 Å². The van der Waals surface area contributed by atoms with Crippen LogP contribution in [0.5, 0.6) is 0 Å². The molecule has 1 aromatic carbocycles. The molecule has 3 N–H and O–H groups in total. The monoisotopic (exact) mass is 516 g/mol. The number of hydrogen-bond donors (Lipinski definition) is 3. The van der Waals surface area contributed by atoms with E-state index in [4.69, 9.17) is 5.11 Å².